The second-order valence-corrected chi connectivity index (χ2v) is 7.36. The monoisotopic (exact) mass is 283 g/mol. The van der Waals surface area contributed by atoms with Gasteiger partial charge in [0.25, 0.3) is 0 Å². The molecule has 0 radical (unpaired) electrons. The fraction of sp³-hybridized carbons (Fsp3) is 0.933. The van der Waals surface area contributed by atoms with Gasteiger partial charge >= 0.3 is 0 Å². The van der Waals surface area contributed by atoms with E-state index in [0.29, 0.717) is 17.4 Å². The van der Waals surface area contributed by atoms with E-state index in [-0.39, 0.29) is 0 Å². The molecular formula is C15H29N3S. The number of likely N-dealkylation sites (tertiary alicyclic amines) is 1. The van der Waals surface area contributed by atoms with Crippen molar-refractivity contribution in [3.63, 3.8) is 0 Å². The summed E-state index contributed by atoms with van der Waals surface area (Å²) in [6.07, 6.45) is 3.74. The van der Waals surface area contributed by atoms with Gasteiger partial charge in [0, 0.05) is 24.9 Å². The largest absolute Gasteiger partial charge is 0.362 e. The SMILES string of the molecule is CCC1(CC)CN=C(NC2CCN(C)CC2C)SC1. The maximum atomic E-state index is 4.83. The van der Waals surface area contributed by atoms with Crippen molar-refractivity contribution < 1.29 is 0 Å². The minimum Gasteiger partial charge on any atom is -0.362 e. The minimum atomic E-state index is 0.453. The number of nitrogens with one attached hydrogen (secondary N) is 1. The van der Waals surface area contributed by atoms with Crippen LogP contribution in [0.5, 0.6) is 0 Å². The van der Waals surface area contributed by atoms with E-state index >= 15 is 0 Å². The van der Waals surface area contributed by atoms with Crippen molar-refractivity contribution in [3.8, 4) is 0 Å². The van der Waals surface area contributed by atoms with Crippen molar-refractivity contribution >= 4 is 16.9 Å². The highest BCUT2D eigenvalue weighted by Crippen LogP contribution is 2.35. The number of aliphatic imine (C=N–C) groups is 1. The zero-order valence-electron chi connectivity index (χ0n) is 12.9. The molecule has 1 fully saturated rings. The molecule has 0 aliphatic carbocycles. The third kappa shape index (κ3) is 3.66. The molecule has 110 valence electrons. The van der Waals surface area contributed by atoms with Crippen LogP contribution in [0.1, 0.15) is 40.0 Å². The molecule has 0 aromatic carbocycles. The number of amidine groups is 1. The first kappa shape index (κ1) is 15.2. The normalized spacial score (nSPS) is 31.9. The van der Waals surface area contributed by atoms with Gasteiger partial charge in [-0.2, -0.15) is 0 Å². The molecule has 2 unspecified atom stereocenters. The summed E-state index contributed by atoms with van der Waals surface area (Å²) in [5.74, 6) is 1.94. The van der Waals surface area contributed by atoms with E-state index in [9.17, 15) is 0 Å². The highest BCUT2D eigenvalue weighted by Gasteiger charge is 2.32. The van der Waals surface area contributed by atoms with Gasteiger partial charge in [-0.15, -0.1) is 0 Å². The summed E-state index contributed by atoms with van der Waals surface area (Å²) in [5, 5.41) is 4.89. The number of nitrogens with zero attached hydrogens (tertiary/aromatic N) is 2. The van der Waals surface area contributed by atoms with Gasteiger partial charge in [-0.25, -0.2) is 0 Å². The molecule has 2 atom stereocenters. The Bertz CT molecular complexity index is 325. The van der Waals surface area contributed by atoms with Crippen LogP contribution in [0.25, 0.3) is 0 Å². The van der Waals surface area contributed by atoms with E-state index in [4.69, 9.17) is 4.99 Å². The maximum Gasteiger partial charge on any atom is 0.156 e. The van der Waals surface area contributed by atoms with Crippen molar-refractivity contribution in [2.45, 2.75) is 46.1 Å². The summed E-state index contributed by atoms with van der Waals surface area (Å²) >= 11 is 1.94. The molecule has 3 nitrogen and oxygen atoms in total. The highest BCUT2D eigenvalue weighted by molar-refractivity contribution is 8.13. The third-order valence-electron chi connectivity index (χ3n) is 4.99. The second-order valence-electron chi connectivity index (χ2n) is 6.40. The first-order chi connectivity index (χ1) is 9.08. The Morgan fingerprint density at radius 1 is 1.42 bits per heavy atom. The fourth-order valence-corrected chi connectivity index (χ4v) is 4.38. The Morgan fingerprint density at radius 3 is 2.68 bits per heavy atom. The Balaban J connectivity index is 1.89. The van der Waals surface area contributed by atoms with Gasteiger partial charge in [-0.1, -0.05) is 32.5 Å². The molecule has 19 heavy (non-hydrogen) atoms. The zero-order chi connectivity index (χ0) is 13.9. The summed E-state index contributed by atoms with van der Waals surface area (Å²) < 4.78 is 0. The third-order valence-corrected chi connectivity index (χ3v) is 6.27. The molecule has 0 amide bonds. The molecule has 1 N–H and O–H groups in total. The van der Waals surface area contributed by atoms with Crippen molar-refractivity contribution in [3.05, 3.63) is 0 Å². The van der Waals surface area contributed by atoms with Gasteiger partial charge in [0.2, 0.25) is 0 Å². The van der Waals surface area contributed by atoms with E-state index in [1.54, 1.807) is 0 Å². The summed E-state index contributed by atoms with van der Waals surface area (Å²) in [6.45, 7) is 10.4. The van der Waals surface area contributed by atoms with Gasteiger partial charge in [-0.3, -0.25) is 4.99 Å². The van der Waals surface area contributed by atoms with Gasteiger partial charge < -0.3 is 10.2 Å². The van der Waals surface area contributed by atoms with Crippen LogP contribution >= 0.6 is 11.8 Å². The zero-order valence-corrected chi connectivity index (χ0v) is 13.7. The van der Waals surface area contributed by atoms with Crippen molar-refractivity contribution in [1.29, 1.82) is 0 Å². The van der Waals surface area contributed by atoms with Gasteiger partial charge in [0.1, 0.15) is 0 Å². The first-order valence-corrected chi connectivity index (χ1v) is 8.69. The molecule has 2 aliphatic rings. The van der Waals surface area contributed by atoms with Crippen LogP contribution in [-0.2, 0) is 0 Å². The number of rotatable bonds is 3. The molecule has 2 aliphatic heterocycles. The summed E-state index contributed by atoms with van der Waals surface area (Å²) in [7, 11) is 2.22. The lowest BCUT2D eigenvalue weighted by molar-refractivity contribution is 0.187. The molecule has 2 heterocycles. The predicted octanol–water partition coefficient (Wildman–Crippen LogP) is 2.83. The van der Waals surface area contributed by atoms with Crippen LogP contribution in [0, 0.1) is 11.3 Å². The van der Waals surface area contributed by atoms with E-state index in [0.717, 1.165) is 6.54 Å². The van der Waals surface area contributed by atoms with Crippen LogP contribution in [0.15, 0.2) is 4.99 Å². The topological polar surface area (TPSA) is 27.6 Å². The Labute approximate surface area is 122 Å². The number of thioether (sulfide) groups is 1. The van der Waals surface area contributed by atoms with Crippen LogP contribution < -0.4 is 5.32 Å². The standard InChI is InChI=1S/C15H29N3S/c1-5-15(6-2)10-16-14(19-11-15)17-13-7-8-18(4)9-12(13)3/h12-13H,5-11H2,1-4H3,(H,16,17). The van der Waals surface area contributed by atoms with Crippen molar-refractivity contribution in [1.82, 2.24) is 10.2 Å². The Kier molecular flexibility index (Phi) is 5.18. The highest BCUT2D eigenvalue weighted by atomic mass is 32.2. The fourth-order valence-electron chi connectivity index (χ4n) is 3.04. The molecule has 0 saturated carbocycles. The maximum absolute atomic E-state index is 4.83. The summed E-state index contributed by atoms with van der Waals surface area (Å²) in [6, 6.07) is 0.609. The minimum absolute atomic E-state index is 0.453. The number of hydrogen-bond donors (Lipinski definition) is 1. The van der Waals surface area contributed by atoms with E-state index in [1.165, 1.54) is 43.3 Å². The molecule has 0 aromatic heterocycles. The molecule has 4 heteroatoms. The van der Waals surface area contributed by atoms with Gasteiger partial charge in [-0.05, 0) is 44.2 Å². The Morgan fingerprint density at radius 2 is 2.16 bits per heavy atom. The summed E-state index contributed by atoms with van der Waals surface area (Å²) in [4.78, 5) is 7.26. The first-order valence-electron chi connectivity index (χ1n) is 7.71. The Hall–Kier alpha value is -0.220. The number of piperidine rings is 1. The molecule has 0 bridgehead atoms. The van der Waals surface area contributed by atoms with E-state index in [2.05, 4.69) is 38.0 Å². The smallest absolute Gasteiger partial charge is 0.156 e. The van der Waals surface area contributed by atoms with E-state index in [1.807, 2.05) is 11.8 Å². The molecule has 2 rings (SSSR count). The molecular weight excluding hydrogens is 254 g/mol. The average molecular weight is 283 g/mol. The van der Waals surface area contributed by atoms with Crippen LogP contribution in [0.4, 0.5) is 0 Å². The molecule has 0 spiro atoms. The second kappa shape index (κ2) is 6.49. The summed E-state index contributed by atoms with van der Waals surface area (Å²) in [5.41, 5.74) is 0.453. The van der Waals surface area contributed by atoms with Crippen molar-refractivity contribution in [2.75, 3.05) is 32.4 Å². The average Bonchev–Trinajstić information content (AvgIpc) is 2.43. The lowest BCUT2D eigenvalue weighted by atomic mass is 9.84. The van der Waals surface area contributed by atoms with Crippen LogP contribution in [0.2, 0.25) is 0 Å². The van der Waals surface area contributed by atoms with Crippen LogP contribution in [-0.4, -0.2) is 48.5 Å². The molecule has 0 aromatic rings. The lowest BCUT2D eigenvalue weighted by Crippen LogP contribution is -2.49. The predicted molar refractivity (Wildman–Crippen MR) is 86.0 cm³/mol. The number of hydrogen-bond acceptors (Lipinski definition) is 4. The van der Waals surface area contributed by atoms with Gasteiger partial charge in [0.05, 0.1) is 0 Å². The molecule has 1 saturated heterocycles. The van der Waals surface area contributed by atoms with E-state index < -0.39 is 0 Å². The van der Waals surface area contributed by atoms with Gasteiger partial charge in [0.15, 0.2) is 5.17 Å². The van der Waals surface area contributed by atoms with Crippen molar-refractivity contribution in [2.24, 2.45) is 16.3 Å². The van der Waals surface area contributed by atoms with Crippen LogP contribution in [0.3, 0.4) is 0 Å². The lowest BCUT2D eigenvalue weighted by Gasteiger charge is -2.38. The quantitative estimate of drug-likeness (QED) is 0.863.